The molecule has 0 aliphatic carbocycles. The lowest BCUT2D eigenvalue weighted by molar-refractivity contribution is 0.112. The minimum Gasteiger partial charge on any atom is -0.298 e. The van der Waals surface area contributed by atoms with E-state index in [2.05, 4.69) is 0 Å². The quantitative estimate of drug-likeness (QED) is 0.574. The van der Waals surface area contributed by atoms with Gasteiger partial charge >= 0.3 is 0 Å². The van der Waals surface area contributed by atoms with Crippen molar-refractivity contribution < 1.29 is 4.79 Å². The summed E-state index contributed by atoms with van der Waals surface area (Å²) in [6.45, 7) is 0. The van der Waals surface area contributed by atoms with E-state index in [-0.39, 0.29) is 0 Å². The van der Waals surface area contributed by atoms with Gasteiger partial charge in [0.15, 0.2) is 6.29 Å². The van der Waals surface area contributed by atoms with Gasteiger partial charge in [-0.1, -0.05) is 23.7 Å². The van der Waals surface area contributed by atoms with Gasteiger partial charge in [0.25, 0.3) is 0 Å². The number of rotatable bonds is 2. The largest absolute Gasteiger partial charge is 0.298 e. The summed E-state index contributed by atoms with van der Waals surface area (Å²) in [6, 6.07) is 5.65. The lowest BCUT2D eigenvalue weighted by atomic mass is 10.1. The van der Waals surface area contributed by atoms with E-state index in [9.17, 15) is 4.79 Å². The van der Waals surface area contributed by atoms with Gasteiger partial charge in [-0.2, -0.15) is 0 Å². The summed E-state index contributed by atoms with van der Waals surface area (Å²) in [5.74, 6) is 0.347. The Kier molecular flexibility index (Phi) is 2.77. The van der Waals surface area contributed by atoms with Gasteiger partial charge in [-0.05, 0) is 17.0 Å². The van der Waals surface area contributed by atoms with Crippen LogP contribution in [0.5, 0.6) is 0 Å². The van der Waals surface area contributed by atoms with E-state index in [0.717, 1.165) is 21.9 Å². The first-order chi connectivity index (χ1) is 6.76. The minimum absolute atomic E-state index is 0.347. The third kappa shape index (κ3) is 1.54. The Labute approximate surface area is 95.3 Å². The molecule has 4 heteroatoms. The van der Waals surface area contributed by atoms with Gasteiger partial charge in [-0.15, -0.1) is 22.9 Å². The van der Waals surface area contributed by atoms with Crippen molar-refractivity contribution in [3.63, 3.8) is 0 Å². The molecule has 0 bridgehead atoms. The molecule has 2 rings (SSSR count). The zero-order valence-corrected chi connectivity index (χ0v) is 9.42. The number of halogens is 2. The SMILES string of the molecule is O=Cc1c(CCl)ccc2cc(Cl)sc12. The molecule has 0 aliphatic heterocycles. The molecule has 1 aromatic heterocycles. The van der Waals surface area contributed by atoms with E-state index in [1.165, 1.54) is 11.3 Å². The van der Waals surface area contributed by atoms with Gasteiger partial charge in [-0.3, -0.25) is 4.79 Å². The fraction of sp³-hybridized carbons (Fsp3) is 0.100. The molecule has 0 radical (unpaired) electrons. The fourth-order valence-electron chi connectivity index (χ4n) is 1.38. The predicted molar refractivity (Wildman–Crippen MR) is 61.8 cm³/mol. The lowest BCUT2D eigenvalue weighted by Crippen LogP contribution is -1.88. The average Bonchev–Trinajstić information content (AvgIpc) is 2.56. The number of aldehydes is 1. The van der Waals surface area contributed by atoms with Crippen molar-refractivity contribution in [2.24, 2.45) is 0 Å². The van der Waals surface area contributed by atoms with Crippen molar-refractivity contribution in [3.8, 4) is 0 Å². The summed E-state index contributed by atoms with van der Waals surface area (Å²) in [4.78, 5) is 10.9. The van der Waals surface area contributed by atoms with E-state index in [4.69, 9.17) is 23.2 Å². The first-order valence-corrected chi connectivity index (χ1v) is 5.71. The molecular formula is C10H6Cl2OS. The molecule has 0 atom stereocenters. The van der Waals surface area contributed by atoms with Crippen LogP contribution in [0.25, 0.3) is 10.1 Å². The molecule has 1 nitrogen and oxygen atoms in total. The topological polar surface area (TPSA) is 17.1 Å². The molecule has 72 valence electrons. The van der Waals surface area contributed by atoms with Crippen LogP contribution in [0.1, 0.15) is 15.9 Å². The second kappa shape index (κ2) is 3.89. The number of benzene rings is 1. The molecule has 2 aromatic rings. The highest BCUT2D eigenvalue weighted by atomic mass is 35.5. The van der Waals surface area contributed by atoms with Gasteiger partial charge in [0.2, 0.25) is 0 Å². The van der Waals surface area contributed by atoms with Crippen molar-refractivity contribution >= 4 is 50.9 Å². The van der Waals surface area contributed by atoms with Crippen LogP contribution in [0.15, 0.2) is 18.2 Å². The summed E-state index contributed by atoms with van der Waals surface area (Å²) in [5, 5.41) is 0.996. The molecule has 1 aromatic carbocycles. The first kappa shape index (κ1) is 9.97. The van der Waals surface area contributed by atoms with Crippen molar-refractivity contribution in [1.29, 1.82) is 0 Å². The molecule has 14 heavy (non-hydrogen) atoms. The molecule has 0 fully saturated rings. The van der Waals surface area contributed by atoms with Crippen LogP contribution < -0.4 is 0 Å². The summed E-state index contributed by atoms with van der Waals surface area (Å²) >= 11 is 13.0. The summed E-state index contributed by atoms with van der Waals surface area (Å²) < 4.78 is 1.61. The van der Waals surface area contributed by atoms with Crippen molar-refractivity contribution in [2.45, 2.75) is 5.88 Å². The monoisotopic (exact) mass is 244 g/mol. The third-order valence-electron chi connectivity index (χ3n) is 2.05. The predicted octanol–water partition coefficient (Wildman–Crippen LogP) is 4.11. The van der Waals surface area contributed by atoms with Crippen LogP contribution in [0, 0.1) is 0 Å². The van der Waals surface area contributed by atoms with E-state index in [1.54, 1.807) is 0 Å². The molecule has 1 heterocycles. The molecular weight excluding hydrogens is 239 g/mol. The van der Waals surface area contributed by atoms with Crippen LogP contribution in [-0.4, -0.2) is 6.29 Å². The van der Waals surface area contributed by atoms with Crippen molar-refractivity contribution in [3.05, 3.63) is 33.7 Å². The van der Waals surface area contributed by atoms with Gasteiger partial charge in [-0.25, -0.2) is 0 Å². The zero-order chi connectivity index (χ0) is 10.1. The van der Waals surface area contributed by atoms with Gasteiger partial charge in [0.1, 0.15) is 0 Å². The summed E-state index contributed by atoms with van der Waals surface area (Å²) in [6.07, 6.45) is 0.840. The van der Waals surface area contributed by atoms with E-state index in [0.29, 0.717) is 15.8 Å². The second-order valence-corrected chi connectivity index (χ2v) is 4.81. The first-order valence-electron chi connectivity index (χ1n) is 3.98. The maximum Gasteiger partial charge on any atom is 0.151 e. The van der Waals surface area contributed by atoms with Crippen LogP contribution in [0.3, 0.4) is 0 Å². The molecule has 0 N–H and O–H groups in total. The van der Waals surface area contributed by atoms with Crippen LogP contribution in [0.2, 0.25) is 4.34 Å². The normalized spacial score (nSPS) is 10.7. The third-order valence-corrected chi connectivity index (χ3v) is 3.65. The number of alkyl halides is 1. The van der Waals surface area contributed by atoms with E-state index in [1.807, 2.05) is 18.2 Å². The van der Waals surface area contributed by atoms with E-state index >= 15 is 0 Å². The summed E-state index contributed by atoms with van der Waals surface area (Å²) in [7, 11) is 0. The second-order valence-electron chi connectivity index (χ2n) is 2.86. The Morgan fingerprint density at radius 3 is 2.86 bits per heavy atom. The Hall–Kier alpha value is -0.570. The summed E-state index contributed by atoms with van der Waals surface area (Å²) in [5.41, 5.74) is 1.52. The maximum absolute atomic E-state index is 10.9. The van der Waals surface area contributed by atoms with Crippen LogP contribution >= 0.6 is 34.5 Å². The Balaban J connectivity index is 2.82. The van der Waals surface area contributed by atoms with Gasteiger partial charge < -0.3 is 0 Å². The van der Waals surface area contributed by atoms with Gasteiger partial charge in [0, 0.05) is 16.1 Å². The molecule has 0 aliphatic rings. The standard InChI is InChI=1S/C10H6Cl2OS/c11-4-7-2-1-6-3-9(12)14-10(6)8(7)5-13/h1-3,5H,4H2. The van der Waals surface area contributed by atoms with Crippen molar-refractivity contribution in [2.75, 3.05) is 0 Å². The molecule has 0 saturated carbocycles. The number of hydrogen-bond acceptors (Lipinski definition) is 2. The molecule has 0 amide bonds. The van der Waals surface area contributed by atoms with Crippen molar-refractivity contribution in [1.82, 2.24) is 0 Å². The Morgan fingerprint density at radius 1 is 1.43 bits per heavy atom. The zero-order valence-electron chi connectivity index (χ0n) is 7.09. The number of thiophene rings is 1. The highest BCUT2D eigenvalue weighted by molar-refractivity contribution is 7.23. The number of hydrogen-bond donors (Lipinski definition) is 0. The van der Waals surface area contributed by atoms with Crippen LogP contribution in [-0.2, 0) is 5.88 Å². The Bertz CT molecular complexity index is 490. The number of carbonyl (C=O) groups is 1. The maximum atomic E-state index is 10.9. The van der Waals surface area contributed by atoms with Gasteiger partial charge in [0.05, 0.1) is 4.34 Å². The lowest BCUT2D eigenvalue weighted by Gasteiger charge is -2.00. The fourth-order valence-corrected chi connectivity index (χ4v) is 2.88. The number of fused-ring (bicyclic) bond motifs is 1. The highest BCUT2D eigenvalue weighted by Gasteiger charge is 2.08. The molecule has 0 spiro atoms. The highest BCUT2D eigenvalue weighted by Crippen LogP contribution is 2.33. The molecule has 0 unspecified atom stereocenters. The Morgan fingerprint density at radius 2 is 2.21 bits per heavy atom. The van der Waals surface area contributed by atoms with Crippen LogP contribution in [0.4, 0.5) is 0 Å². The average molecular weight is 245 g/mol. The smallest absolute Gasteiger partial charge is 0.151 e. The molecule has 0 saturated heterocycles. The van der Waals surface area contributed by atoms with E-state index < -0.39 is 0 Å². The minimum atomic E-state index is 0.347. The number of carbonyl (C=O) groups excluding carboxylic acids is 1.